The van der Waals surface area contributed by atoms with Gasteiger partial charge in [0.1, 0.15) is 0 Å². The van der Waals surface area contributed by atoms with Gasteiger partial charge in [0.05, 0.1) is 6.42 Å². The van der Waals surface area contributed by atoms with Crippen LogP contribution in [0.15, 0.2) is 47.5 Å². The van der Waals surface area contributed by atoms with Crippen LogP contribution < -0.4 is 5.32 Å². The SMILES string of the molecule is O=C(Cc1cncc(Br)c1)NCc1cccnc1. The Kier molecular flexibility index (Phi) is 4.41. The molecule has 2 aromatic rings. The molecule has 0 fully saturated rings. The summed E-state index contributed by atoms with van der Waals surface area (Å²) in [6.45, 7) is 0.494. The van der Waals surface area contributed by atoms with Crippen molar-refractivity contribution in [2.24, 2.45) is 0 Å². The second-order valence-electron chi connectivity index (χ2n) is 3.83. The summed E-state index contributed by atoms with van der Waals surface area (Å²) in [6.07, 6.45) is 7.15. The van der Waals surface area contributed by atoms with Gasteiger partial charge in [-0.15, -0.1) is 0 Å². The van der Waals surface area contributed by atoms with Crippen LogP contribution in [0.25, 0.3) is 0 Å². The van der Waals surface area contributed by atoms with Gasteiger partial charge < -0.3 is 5.32 Å². The Hall–Kier alpha value is -1.75. The molecule has 2 aromatic heterocycles. The van der Waals surface area contributed by atoms with Crippen LogP contribution >= 0.6 is 15.9 Å². The van der Waals surface area contributed by atoms with E-state index in [0.717, 1.165) is 15.6 Å². The smallest absolute Gasteiger partial charge is 0.224 e. The summed E-state index contributed by atoms with van der Waals surface area (Å²) in [7, 11) is 0. The van der Waals surface area contributed by atoms with Crippen LogP contribution in [0.3, 0.4) is 0 Å². The van der Waals surface area contributed by atoms with Crippen LogP contribution in [0.5, 0.6) is 0 Å². The molecule has 0 bridgehead atoms. The number of hydrogen-bond donors (Lipinski definition) is 1. The lowest BCUT2D eigenvalue weighted by atomic mass is 10.2. The van der Waals surface area contributed by atoms with Gasteiger partial charge in [-0.2, -0.15) is 0 Å². The summed E-state index contributed by atoms with van der Waals surface area (Å²) in [5, 5.41) is 2.84. The fourth-order valence-electron chi connectivity index (χ4n) is 1.50. The molecule has 0 aliphatic rings. The minimum absolute atomic E-state index is 0.0289. The summed E-state index contributed by atoms with van der Waals surface area (Å²) in [6, 6.07) is 5.66. The first kappa shape index (κ1) is 12.7. The van der Waals surface area contributed by atoms with E-state index in [1.54, 1.807) is 24.8 Å². The van der Waals surface area contributed by atoms with Gasteiger partial charge in [0.15, 0.2) is 0 Å². The molecule has 0 aromatic carbocycles. The quantitative estimate of drug-likeness (QED) is 0.941. The zero-order valence-electron chi connectivity index (χ0n) is 9.64. The van der Waals surface area contributed by atoms with E-state index in [4.69, 9.17) is 0 Å². The largest absolute Gasteiger partial charge is 0.352 e. The van der Waals surface area contributed by atoms with Crippen molar-refractivity contribution in [3.8, 4) is 0 Å². The van der Waals surface area contributed by atoms with E-state index in [0.29, 0.717) is 13.0 Å². The van der Waals surface area contributed by atoms with Crippen LogP contribution in [0, 0.1) is 0 Å². The maximum absolute atomic E-state index is 11.7. The molecule has 0 saturated heterocycles. The molecule has 18 heavy (non-hydrogen) atoms. The molecular formula is C13H12BrN3O. The number of aromatic nitrogens is 2. The maximum Gasteiger partial charge on any atom is 0.224 e. The second kappa shape index (κ2) is 6.26. The molecule has 0 radical (unpaired) electrons. The Balaban J connectivity index is 1.86. The molecule has 0 atom stereocenters. The van der Waals surface area contributed by atoms with E-state index >= 15 is 0 Å². The molecule has 0 aliphatic heterocycles. The van der Waals surface area contributed by atoms with Crippen molar-refractivity contribution >= 4 is 21.8 Å². The first-order valence-electron chi connectivity index (χ1n) is 5.49. The highest BCUT2D eigenvalue weighted by molar-refractivity contribution is 9.10. The number of nitrogens with zero attached hydrogens (tertiary/aromatic N) is 2. The highest BCUT2D eigenvalue weighted by Crippen LogP contribution is 2.09. The number of nitrogens with one attached hydrogen (secondary N) is 1. The van der Waals surface area contributed by atoms with Crippen LogP contribution in [0.2, 0.25) is 0 Å². The number of halogens is 1. The first-order chi connectivity index (χ1) is 8.74. The van der Waals surface area contributed by atoms with Crippen LogP contribution in [0.1, 0.15) is 11.1 Å². The van der Waals surface area contributed by atoms with E-state index in [-0.39, 0.29) is 5.91 Å². The number of carbonyl (C=O) groups excluding carboxylic acids is 1. The average molecular weight is 306 g/mol. The predicted octanol–water partition coefficient (Wildman–Crippen LogP) is 2.10. The Labute approximate surface area is 114 Å². The van der Waals surface area contributed by atoms with E-state index in [1.807, 2.05) is 18.2 Å². The minimum atomic E-state index is -0.0289. The van der Waals surface area contributed by atoms with Gasteiger partial charge in [-0.3, -0.25) is 14.8 Å². The molecule has 0 unspecified atom stereocenters. The number of carbonyl (C=O) groups is 1. The summed E-state index contributed by atoms with van der Waals surface area (Å²) in [5.41, 5.74) is 1.87. The molecule has 0 saturated carbocycles. The van der Waals surface area contributed by atoms with Crippen molar-refractivity contribution < 1.29 is 4.79 Å². The lowest BCUT2D eigenvalue weighted by Gasteiger charge is -2.05. The van der Waals surface area contributed by atoms with Gasteiger partial charge in [-0.05, 0) is 39.2 Å². The normalized spacial score (nSPS) is 10.1. The first-order valence-corrected chi connectivity index (χ1v) is 6.28. The molecule has 92 valence electrons. The molecule has 1 amide bonds. The number of rotatable bonds is 4. The van der Waals surface area contributed by atoms with Gasteiger partial charge in [0, 0.05) is 35.8 Å². The van der Waals surface area contributed by atoms with Crippen molar-refractivity contribution in [2.75, 3.05) is 0 Å². The summed E-state index contributed by atoms with van der Waals surface area (Å²) in [4.78, 5) is 19.7. The predicted molar refractivity (Wildman–Crippen MR) is 71.7 cm³/mol. The third-order valence-electron chi connectivity index (χ3n) is 2.34. The molecule has 2 heterocycles. The van der Waals surface area contributed by atoms with E-state index in [1.165, 1.54) is 0 Å². The highest BCUT2D eigenvalue weighted by Gasteiger charge is 2.04. The van der Waals surface area contributed by atoms with Gasteiger partial charge in [0.25, 0.3) is 0 Å². The van der Waals surface area contributed by atoms with Crippen LogP contribution in [-0.4, -0.2) is 15.9 Å². The van der Waals surface area contributed by atoms with Crippen molar-refractivity contribution in [3.63, 3.8) is 0 Å². The molecular weight excluding hydrogens is 294 g/mol. The van der Waals surface area contributed by atoms with Gasteiger partial charge in [0.2, 0.25) is 5.91 Å². The highest BCUT2D eigenvalue weighted by atomic mass is 79.9. The van der Waals surface area contributed by atoms with Crippen molar-refractivity contribution in [3.05, 3.63) is 58.6 Å². The lowest BCUT2D eigenvalue weighted by Crippen LogP contribution is -2.24. The number of pyridine rings is 2. The lowest BCUT2D eigenvalue weighted by molar-refractivity contribution is -0.120. The average Bonchev–Trinajstić information content (AvgIpc) is 2.38. The second-order valence-corrected chi connectivity index (χ2v) is 4.74. The fraction of sp³-hybridized carbons (Fsp3) is 0.154. The Morgan fingerprint density at radius 3 is 2.78 bits per heavy atom. The molecule has 0 spiro atoms. The fourth-order valence-corrected chi connectivity index (χ4v) is 1.92. The van der Waals surface area contributed by atoms with E-state index < -0.39 is 0 Å². The van der Waals surface area contributed by atoms with E-state index in [9.17, 15) is 4.79 Å². The molecule has 0 aliphatic carbocycles. The third kappa shape index (κ3) is 3.92. The van der Waals surface area contributed by atoms with Crippen molar-refractivity contribution in [2.45, 2.75) is 13.0 Å². The maximum atomic E-state index is 11.7. The molecule has 4 nitrogen and oxygen atoms in total. The number of amides is 1. The van der Waals surface area contributed by atoms with E-state index in [2.05, 4.69) is 31.2 Å². The number of hydrogen-bond acceptors (Lipinski definition) is 3. The molecule has 1 N–H and O–H groups in total. The van der Waals surface area contributed by atoms with Crippen LogP contribution in [0.4, 0.5) is 0 Å². The van der Waals surface area contributed by atoms with Crippen LogP contribution in [-0.2, 0) is 17.8 Å². The zero-order chi connectivity index (χ0) is 12.8. The van der Waals surface area contributed by atoms with Crippen molar-refractivity contribution in [1.29, 1.82) is 0 Å². The zero-order valence-corrected chi connectivity index (χ0v) is 11.2. The Bertz CT molecular complexity index is 531. The molecule has 2 rings (SSSR count). The minimum Gasteiger partial charge on any atom is -0.352 e. The van der Waals surface area contributed by atoms with Gasteiger partial charge in [-0.1, -0.05) is 6.07 Å². The summed E-state index contributed by atoms with van der Waals surface area (Å²) in [5.74, 6) is -0.0289. The molecule has 5 heteroatoms. The van der Waals surface area contributed by atoms with Gasteiger partial charge in [-0.25, -0.2) is 0 Å². The standard InChI is InChI=1S/C13H12BrN3O/c14-12-4-11(7-16-9-12)5-13(18)17-8-10-2-1-3-15-6-10/h1-4,6-7,9H,5,8H2,(H,17,18). The monoisotopic (exact) mass is 305 g/mol. The topological polar surface area (TPSA) is 54.9 Å². The van der Waals surface area contributed by atoms with Gasteiger partial charge >= 0.3 is 0 Å². The summed E-state index contributed by atoms with van der Waals surface area (Å²) >= 11 is 3.33. The summed E-state index contributed by atoms with van der Waals surface area (Å²) < 4.78 is 0.875. The van der Waals surface area contributed by atoms with Crippen molar-refractivity contribution in [1.82, 2.24) is 15.3 Å². The third-order valence-corrected chi connectivity index (χ3v) is 2.77. The Morgan fingerprint density at radius 1 is 1.22 bits per heavy atom. The Morgan fingerprint density at radius 2 is 2.06 bits per heavy atom.